The van der Waals surface area contributed by atoms with E-state index < -0.39 is 0 Å². The minimum Gasteiger partial charge on any atom is -0.380 e. The van der Waals surface area contributed by atoms with E-state index in [-0.39, 0.29) is 0 Å². The third kappa shape index (κ3) is 6.79. The molecule has 0 bridgehead atoms. The Balaban J connectivity index is 3.71. The molecular weight excluding hydrogens is 162 g/mol. The van der Waals surface area contributed by atoms with Gasteiger partial charge < -0.3 is 10.1 Å². The van der Waals surface area contributed by atoms with Crippen molar-refractivity contribution in [2.45, 2.75) is 39.7 Å². The predicted octanol–water partition coefficient (Wildman–Crippen LogP) is 2.36. The molecule has 2 heteroatoms. The fourth-order valence-corrected chi connectivity index (χ4v) is 1.23. The molecule has 13 heavy (non-hydrogen) atoms. The molecule has 0 rings (SSSR count). The molecule has 0 heterocycles. The Morgan fingerprint density at radius 1 is 1.38 bits per heavy atom. The van der Waals surface area contributed by atoms with Gasteiger partial charge in [-0.15, -0.1) is 0 Å². The SMILES string of the molecule is C=C(CC)CC(COCC)NCC. The zero-order valence-electron chi connectivity index (χ0n) is 9.23. The molecule has 1 N–H and O–H groups in total. The third-order valence-corrected chi connectivity index (χ3v) is 2.05. The van der Waals surface area contributed by atoms with Gasteiger partial charge in [-0.3, -0.25) is 0 Å². The Kier molecular flexibility index (Phi) is 8.05. The van der Waals surface area contributed by atoms with Gasteiger partial charge in [-0.25, -0.2) is 0 Å². The Morgan fingerprint density at radius 2 is 2.08 bits per heavy atom. The van der Waals surface area contributed by atoms with Crippen molar-refractivity contribution in [3.05, 3.63) is 12.2 Å². The fraction of sp³-hybridized carbons (Fsp3) is 0.818. The van der Waals surface area contributed by atoms with E-state index in [4.69, 9.17) is 4.74 Å². The number of ether oxygens (including phenoxy) is 1. The first-order valence-electron chi connectivity index (χ1n) is 5.22. The highest BCUT2D eigenvalue weighted by atomic mass is 16.5. The van der Waals surface area contributed by atoms with E-state index in [9.17, 15) is 0 Å². The second kappa shape index (κ2) is 8.27. The summed E-state index contributed by atoms with van der Waals surface area (Å²) in [6, 6.07) is 0.442. The van der Waals surface area contributed by atoms with E-state index in [1.54, 1.807) is 0 Å². The molecule has 0 radical (unpaired) electrons. The van der Waals surface area contributed by atoms with Crippen molar-refractivity contribution in [2.24, 2.45) is 0 Å². The van der Waals surface area contributed by atoms with Crippen molar-refractivity contribution in [3.63, 3.8) is 0 Å². The van der Waals surface area contributed by atoms with Gasteiger partial charge in [0.1, 0.15) is 0 Å². The van der Waals surface area contributed by atoms with Gasteiger partial charge in [-0.2, -0.15) is 0 Å². The average Bonchev–Trinajstić information content (AvgIpc) is 2.14. The molecule has 0 spiro atoms. The van der Waals surface area contributed by atoms with E-state index >= 15 is 0 Å². The fourth-order valence-electron chi connectivity index (χ4n) is 1.23. The lowest BCUT2D eigenvalue weighted by molar-refractivity contribution is 0.123. The lowest BCUT2D eigenvalue weighted by Crippen LogP contribution is -2.33. The van der Waals surface area contributed by atoms with Crippen LogP contribution in [0.5, 0.6) is 0 Å². The molecule has 0 saturated heterocycles. The van der Waals surface area contributed by atoms with Crippen LogP contribution in [-0.2, 0) is 4.74 Å². The summed E-state index contributed by atoms with van der Waals surface area (Å²) in [6.45, 7) is 12.9. The first kappa shape index (κ1) is 12.7. The van der Waals surface area contributed by atoms with Crippen LogP contribution < -0.4 is 5.32 Å². The molecule has 0 aliphatic rings. The van der Waals surface area contributed by atoms with Crippen LogP contribution in [0, 0.1) is 0 Å². The van der Waals surface area contributed by atoms with Crippen molar-refractivity contribution in [2.75, 3.05) is 19.8 Å². The Bertz CT molecular complexity index is 134. The van der Waals surface area contributed by atoms with Crippen LogP contribution in [-0.4, -0.2) is 25.8 Å². The van der Waals surface area contributed by atoms with Gasteiger partial charge in [0.2, 0.25) is 0 Å². The van der Waals surface area contributed by atoms with Crippen LogP contribution >= 0.6 is 0 Å². The highest BCUT2D eigenvalue weighted by Crippen LogP contribution is 2.07. The molecule has 0 aliphatic heterocycles. The number of nitrogens with one attached hydrogen (secondary N) is 1. The normalized spacial score (nSPS) is 12.8. The predicted molar refractivity (Wildman–Crippen MR) is 58.0 cm³/mol. The zero-order valence-corrected chi connectivity index (χ0v) is 9.23. The Hall–Kier alpha value is -0.340. The molecule has 78 valence electrons. The van der Waals surface area contributed by atoms with E-state index in [1.807, 2.05) is 6.92 Å². The molecular formula is C11H23NO. The average molecular weight is 185 g/mol. The molecule has 0 aromatic heterocycles. The maximum absolute atomic E-state index is 5.39. The summed E-state index contributed by atoms with van der Waals surface area (Å²) in [5.74, 6) is 0. The van der Waals surface area contributed by atoms with Gasteiger partial charge >= 0.3 is 0 Å². The molecule has 1 atom stereocenters. The van der Waals surface area contributed by atoms with Crippen LogP contribution in [0.4, 0.5) is 0 Å². The van der Waals surface area contributed by atoms with Gasteiger partial charge in [0, 0.05) is 12.6 Å². The van der Waals surface area contributed by atoms with Gasteiger partial charge in [0.25, 0.3) is 0 Å². The number of rotatable bonds is 8. The molecule has 0 aliphatic carbocycles. The number of hydrogen-bond donors (Lipinski definition) is 1. The molecule has 0 aromatic carbocycles. The second-order valence-corrected chi connectivity index (χ2v) is 3.22. The van der Waals surface area contributed by atoms with Crippen molar-refractivity contribution in [1.82, 2.24) is 5.32 Å². The lowest BCUT2D eigenvalue weighted by atomic mass is 10.1. The highest BCUT2D eigenvalue weighted by molar-refractivity contribution is 4.96. The summed E-state index contributed by atoms with van der Waals surface area (Å²) in [7, 11) is 0. The summed E-state index contributed by atoms with van der Waals surface area (Å²) in [5, 5.41) is 3.40. The molecule has 0 fully saturated rings. The summed E-state index contributed by atoms with van der Waals surface area (Å²) >= 11 is 0. The van der Waals surface area contributed by atoms with E-state index in [0.29, 0.717) is 6.04 Å². The van der Waals surface area contributed by atoms with Crippen LogP contribution in [0.15, 0.2) is 12.2 Å². The maximum atomic E-state index is 5.39. The van der Waals surface area contributed by atoms with Crippen molar-refractivity contribution < 1.29 is 4.74 Å². The van der Waals surface area contributed by atoms with Gasteiger partial charge in [0.05, 0.1) is 6.61 Å². The van der Waals surface area contributed by atoms with Gasteiger partial charge in [0.15, 0.2) is 0 Å². The van der Waals surface area contributed by atoms with Crippen molar-refractivity contribution in [1.29, 1.82) is 0 Å². The molecule has 0 saturated carbocycles. The van der Waals surface area contributed by atoms with Crippen LogP contribution in [0.1, 0.15) is 33.6 Å². The first-order chi connectivity index (χ1) is 6.24. The van der Waals surface area contributed by atoms with Gasteiger partial charge in [-0.1, -0.05) is 26.0 Å². The smallest absolute Gasteiger partial charge is 0.0622 e. The largest absolute Gasteiger partial charge is 0.380 e. The highest BCUT2D eigenvalue weighted by Gasteiger charge is 2.07. The van der Waals surface area contributed by atoms with E-state index in [0.717, 1.165) is 32.6 Å². The topological polar surface area (TPSA) is 21.3 Å². The Labute approximate surface area is 82.4 Å². The van der Waals surface area contributed by atoms with E-state index in [1.165, 1.54) is 5.57 Å². The summed E-state index contributed by atoms with van der Waals surface area (Å²) in [5.41, 5.74) is 1.30. The quantitative estimate of drug-likeness (QED) is 0.586. The summed E-state index contributed by atoms with van der Waals surface area (Å²) in [4.78, 5) is 0. The first-order valence-corrected chi connectivity index (χ1v) is 5.22. The summed E-state index contributed by atoms with van der Waals surface area (Å²) in [6.07, 6.45) is 2.10. The maximum Gasteiger partial charge on any atom is 0.0622 e. The van der Waals surface area contributed by atoms with Crippen molar-refractivity contribution >= 4 is 0 Å². The molecule has 2 nitrogen and oxygen atoms in total. The van der Waals surface area contributed by atoms with E-state index in [2.05, 4.69) is 25.7 Å². The minimum atomic E-state index is 0.442. The van der Waals surface area contributed by atoms with Crippen molar-refractivity contribution in [3.8, 4) is 0 Å². The summed E-state index contributed by atoms with van der Waals surface area (Å²) < 4.78 is 5.39. The lowest BCUT2D eigenvalue weighted by Gasteiger charge is -2.18. The third-order valence-electron chi connectivity index (χ3n) is 2.05. The molecule has 0 amide bonds. The minimum absolute atomic E-state index is 0.442. The van der Waals surface area contributed by atoms with Crippen LogP contribution in [0.2, 0.25) is 0 Å². The zero-order chi connectivity index (χ0) is 10.1. The standard InChI is InChI=1S/C11H23NO/c1-5-10(4)8-11(12-6-2)9-13-7-3/h11-12H,4-9H2,1-3H3. The van der Waals surface area contributed by atoms with Gasteiger partial charge in [-0.05, 0) is 26.3 Å². The van der Waals surface area contributed by atoms with Crippen LogP contribution in [0.25, 0.3) is 0 Å². The van der Waals surface area contributed by atoms with Crippen LogP contribution in [0.3, 0.4) is 0 Å². The monoisotopic (exact) mass is 185 g/mol. The number of hydrogen-bond acceptors (Lipinski definition) is 2. The second-order valence-electron chi connectivity index (χ2n) is 3.22. The molecule has 0 aromatic rings. The number of likely N-dealkylation sites (N-methyl/N-ethyl adjacent to an activating group) is 1. The molecule has 1 unspecified atom stereocenters. The Morgan fingerprint density at radius 3 is 2.54 bits per heavy atom.